The second-order valence-electron chi connectivity index (χ2n) is 4.13. The zero-order valence-corrected chi connectivity index (χ0v) is 12.6. The van der Waals surface area contributed by atoms with E-state index in [0.717, 1.165) is 12.8 Å². The fraction of sp³-hybridized carbons (Fsp3) is 0.467. The van der Waals surface area contributed by atoms with Crippen LogP contribution in [0, 0.1) is 0 Å². The van der Waals surface area contributed by atoms with Crippen LogP contribution in [0.4, 0.5) is 0 Å². The molecule has 0 amide bonds. The lowest BCUT2D eigenvalue weighted by Gasteiger charge is -2.16. The summed E-state index contributed by atoms with van der Waals surface area (Å²) in [6.45, 7) is 4.52. The molecule has 0 atom stereocenters. The summed E-state index contributed by atoms with van der Waals surface area (Å²) >= 11 is 0. The molecule has 19 heavy (non-hydrogen) atoms. The van der Waals surface area contributed by atoms with E-state index in [2.05, 4.69) is 24.3 Å². The van der Waals surface area contributed by atoms with Crippen molar-refractivity contribution in [3.63, 3.8) is 0 Å². The number of hydrogen-bond donors (Lipinski definition) is 0. The molecular formula is C15H23O3P. The average molecular weight is 282 g/mol. The van der Waals surface area contributed by atoms with Gasteiger partial charge in [0.05, 0.1) is 19.4 Å². The molecule has 1 rings (SSSR count). The summed E-state index contributed by atoms with van der Waals surface area (Å²) in [5.41, 5.74) is 1.18. The molecule has 0 unspecified atom stereocenters. The van der Waals surface area contributed by atoms with E-state index in [0.29, 0.717) is 19.4 Å². The van der Waals surface area contributed by atoms with Gasteiger partial charge in [0, 0.05) is 0 Å². The van der Waals surface area contributed by atoms with Crippen molar-refractivity contribution < 1.29 is 13.6 Å². The van der Waals surface area contributed by atoms with Crippen LogP contribution in [0.15, 0.2) is 36.4 Å². The van der Waals surface area contributed by atoms with Crippen LogP contribution in [0.25, 0.3) is 6.08 Å². The standard InChI is InChI=1S/C15H23O3P/c1-3-17-19(16,18-4-2)14-10-6-9-13-15-11-7-5-8-12-15/h5,7-9,11-13H,3-4,6,10,14H2,1-2H3. The van der Waals surface area contributed by atoms with Crippen molar-refractivity contribution in [2.24, 2.45) is 0 Å². The highest BCUT2D eigenvalue weighted by Crippen LogP contribution is 2.48. The van der Waals surface area contributed by atoms with Crippen molar-refractivity contribution in [1.82, 2.24) is 0 Å². The third-order valence-electron chi connectivity index (χ3n) is 2.56. The highest BCUT2D eigenvalue weighted by Gasteiger charge is 2.21. The molecule has 3 nitrogen and oxygen atoms in total. The summed E-state index contributed by atoms with van der Waals surface area (Å²) < 4.78 is 22.7. The summed E-state index contributed by atoms with van der Waals surface area (Å²) in [7, 11) is -2.87. The Morgan fingerprint density at radius 1 is 1.11 bits per heavy atom. The Hall–Kier alpha value is -0.890. The fourth-order valence-electron chi connectivity index (χ4n) is 1.75. The van der Waals surface area contributed by atoms with Gasteiger partial charge in [-0.05, 0) is 32.3 Å². The third kappa shape index (κ3) is 6.72. The van der Waals surface area contributed by atoms with Gasteiger partial charge >= 0.3 is 7.60 Å². The van der Waals surface area contributed by atoms with Crippen LogP contribution in [0.1, 0.15) is 32.3 Å². The number of unbranched alkanes of at least 4 members (excludes halogenated alkanes) is 1. The Bertz CT molecular complexity index is 405. The summed E-state index contributed by atoms with van der Waals surface area (Å²) in [5.74, 6) is 0. The molecule has 0 heterocycles. The Balaban J connectivity index is 2.33. The van der Waals surface area contributed by atoms with E-state index < -0.39 is 7.60 Å². The molecule has 0 aliphatic carbocycles. The first-order valence-corrected chi connectivity index (χ1v) is 8.52. The SMILES string of the molecule is CCOP(=O)(CCCC=Cc1ccccc1)OCC. The third-order valence-corrected chi connectivity index (χ3v) is 4.73. The van der Waals surface area contributed by atoms with Crippen molar-refractivity contribution in [2.75, 3.05) is 19.4 Å². The average Bonchev–Trinajstić information content (AvgIpc) is 2.40. The molecule has 0 aliphatic rings. The van der Waals surface area contributed by atoms with E-state index in [-0.39, 0.29) is 0 Å². The van der Waals surface area contributed by atoms with Crippen LogP contribution < -0.4 is 0 Å². The molecule has 1 aromatic carbocycles. The molecule has 4 heteroatoms. The fourth-order valence-corrected chi connectivity index (χ4v) is 3.44. The van der Waals surface area contributed by atoms with Gasteiger partial charge in [0.15, 0.2) is 0 Å². The summed E-state index contributed by atoms with van der Waals surface area (Å²) in [4.78, 5) is 0. The van der Waals surface area contributed by atoms with Gasteiger partial charge in [-0.2, -0.15) is 0 Å². The van der Waals surface area contributed by atoms with Gasteiger partial charge in [0.2, 0.25) is 0 Å². The topological polar surface area (TPSA) is 35.5 Å². The van der Waals surface area contributed by atoms with Gasteiger partial charge in [-0.1, -0.05) is 42.5 Å². The first-order valence-electron chi connectivity index (χ1n) is 6.80. The van der Waals surface area contributed by atoms with E-state index in [9.17, 15) is 4.57 Å². The Morgan fingerprint density at radius 3 is 2.32 bits per heavy atom. The number of rotatable bonds is 9. The quantitative estimate of drug-likeness (QED) is 0.484. The molecule has 0 aromatic heterocycles. The highest BCUT2D eigenvalue weighted by molar-refractivity contribution is 7.53. The number of allylic oxidation sites excluding steroid dienone is 1. The number of benzene rings is 1. The maximum Gasteiger partial charge on any atom is 0.330 e. The minimum Gasteiger partial charge on any atom is -0.309 e. The van der Waals surface area contributed by atoms with E-state index in [1.807, 2.05) is 32.0 Å². The lowest BCUT2D eigenvalue weighted by Crippen LogP contribution is -1.99. The summed E-state index contributed by atoms with van der Waals surface area (Å²) in [6, 6.07) is 10.1. The van der Waals surface area contributed by atoms with Crippen LogP contribution in [-0.2, 0) is 13.6 Å². The van der Waals surface area contributed by atoms with Gasteiger partial charge in [-0.3, -0.25) is 4.57 Å². The predicted octanol–water partition coefficient (Wildman–Crippen LogP) is 4.75. The molecule has 0 spiro atoms. The normalized spacial score (nSPS) is 12.1. The molecule has 0 saturated heterocycles. The van der Waals surface area contributed by atoms with Gasteiger partial charge in [0.25, 0.3) is 0 Å². The summed E-state index contributed by atoms with van der Waals surface area (Å²) in [5, 5.41) is 0. The molecule has 0 aliphatic heterocycles. The van der Waals surface area contributed by atoms with Crippen LogP contribution in [-0.4, -0.2) is 19.4 Å². The Labute approximate surface area is 116 Å². The first-order chi connectivity index (χ1) is 9.20. The Kier molecular flexibility index (Phi) is 7.73. The first kappa shape index (κ1) is 16.2. The zero-order valence-electron chi connectivity index (χ0n) is 11.7. The van der Waals surface area contributed by atoms with Crippen molar-refractivity contribution in [2.45, 2.75) is 26.7 Å². The molecule has 106 valence electrons. The van der Waals surface area contributed by atoms with Crippen LogP contribution in [0.3, 0.4) is 0 Å². The zero-order chi connectivity index (χ0) is 14.0. The molecule has 0 fully saturated rings. The molecule has 0 saturated carbocycles. The van der Waals surface area contributed by atoms with Gasteiger partial charge in [0.1, 0.15) is 0 Å². The van der Waals surface area contributed by atoms with Gasteiger partial charge < -0.3 is 9.05 Å². The van der Waals surface area contributed by atoms with Crippen LogP contribution in [0.5, 0.6) is 0 Å². The molecule has 1 aromatic rings. The van der Waals surface area contributed by atoms with E-state index in [1.54, 1.807) is 0 Å². The smallest absolute Gasteiger partial charge is 0.309 e. The summed E-state index contributed by atoms with van der Waals surface area (Å²) in [6.07, 6.45) is 6.33. The maximum absolute atomic E-state index is 12.2. The van der Waals surface area contributed by atoms with Crippen molar-refractivity contribution in [3.05, 3.63) is 42.0 Å². The van der Waals surface area contributed by atoms with E-state index in [4.69, 9.17) is 9.05 Å². The second-order valence-corrected chi connectivity index (χ2v) is 6.31. The molecule has 0 bridgehead atoms. The van der Waals surface area contributed by atoms with Crippen LogP contribution in [0.2, 0.25) is 0 Å². The van der Waals surface area contributed by atoms with Crippen molar-refractivity contribution in [3.8, 4) is 0 Å². The second kappa shape index (κ2) is 9.08. The molecular weight excluding hydrogens is 259 g/mol. The number of hydrogen-bond acceptors (Lipinski definition) is 3. The minimum atomic E-state index is -2.87. The molecule has 0 radical (unpaired) electrons. The van der Waals surface area contributed by atoms with Crippen LogP contribution >= 0.6 is 7.60 Å². The lowest BCUT2D eigenvalue weighted by molar-refractivity contribution is 0.220. The predicted molar refractivity (Wildman–Crippen MR) is 80.4 cm³/mol. The maximum atomic E-state index is 12.2. The van der Waals surface area contributed by atoms with E-state index >= 15 is 0 Å². The lowest BCUT2D eigenvalue weighted by atomic mass is 10.2. The van der Waals surface area contributed by atoms with Crippen molar-refractivity contribution in [1.29, 1.82) is 0 Å². The van der Waals surface area contributed by atoms with E-state index in [1.165, 1.54) is 5.56 Å². The van der Waals surface area contributed by atoms with Gasteiger partial charge in [-0.25, -0.2) is 0 Å². The minimum absolute atomic E-state index is 0.428. The monoisotopic (exact) mass is 282 g/mol. The van der Waals surface area contributed by atoms with Gasteiger partial charge in [-0.15, -0.1) is 0 Å². The highest BCUT2D eigenvalue weighted by atomic mass is 31.2. The largest absolute Gasteiger partial charge is 0.330 e. The van der Waals surface area contributed by atoms with Crippen molar-refractivity contribution >= 4 is 13.7 Å². The molecule has 0 N–H and O–H groups in total. The Morgan fingerprint density at radius 2 is 1.74 bits per heavy atom.